The van der Waals surface area contributed by atoms with Crippen LogP contribution in [0.3, 0.4) is 0 Å². The standard InChI is InChI=1S/C13H12N4/c14-9-4-3-7-12(13(9)15)17-8-16-10-5-1-2-6-11(10)17/h1-8H,14-15H2. The largest absolute Gasteiger partial charge is 0.397 e. The third-order valence-corrected chi connectivity index (χ3v) is 2.83. The SMILES string of the molecule is Nc1cccc(-n2cnc3ccccc32)c1N. The van der Waals surface area contributed by atoms with Gasteiger partial charge in [-0.15, -0.1) is 0 Å². The Morgan fingerprint density at radius 3 is 2.65 bits per heavy atom. The van der Waals surface area contributed by atoms with Gasteiger partial charge in [-0.1, -0.05) is 18.2 Å². The highest BCUT2D eigenvalue weighted by Crippen LogP contribution is 2.26. The van der Waals surface area contributed by atoms with Gasteiger partial charge in [0.15, 0.2) is 0 Å². The third kappa shape index (κ3) is 1.42. The van der Waals surface area contributed by atoms with Crippen molar-refractivity contribution < 1.29 is 0 Å². The zero-order chi connectivity index (χ0) is 11.8. The molecule has 17 heavy (non-hydrogen) atoms. The molecule has 0 aliphatic heterocycles. The Hall–Kier alpha value is -2.49. The predicted molar refractivity (Wildman–Crippen MR) is 69.9 cm³/mol. The van der Waals surface area contributed by atoms with Gasteiger partial charge < -0.3 is 11.5 Å². The fourth-order valence-electron chi connectivity index (χ4n) is 1.93. The fraction of sp³-hybridized carbons (Fsp3) is 0. The van der Waals surface area contributed by atoms with E-state index in [1.807, 2.05) is 41.0 Å². The van der Waals surface area contributed by atoms with Crippen LogP contribution in [0.1, 0.15) is 0 Å². The van der Waals surface area contributed by atoms with Crippen LogP contribution >= 0.6 is 0 Å². The van der Waals surface area contributed by atoms with Crippen LogP contribution in [0.4, 0.5) is 11.4 Å². The maximum atomic E-state index is 5.99. The second kappa shape index (κ2) is 3.52. The first-order valence-electron chi connectivity index (χ1n) is 5.34. The number of hydrogen-bond acceptors (Lipinski definition) is 3. The van der Waals surface area contributed by atoms with Gasteiger partial charge in [0.05, 0.1) is 28.1 Å². The highest BCUT2D eigenvalue weighted by molar-refractivity contribution is 5.81. The zero-order valence-electron chi connectivity index (χ0n) is 9.17. The van der Waals surface area contributed by atoms with Gasteiger partial charge in [0.25, 0.3) is 0 Å². The molecular weight excluding hydrogens is 212 g/mol. The summed E-state index contributed by atoms with van der Waals surface area (Å²) in [4.78, 5) is 4.33. The minimum Gasteiger partial charge on any atom is -0.397 e. The van der Waals surface area contributed by atoms with Gasteiger partial charge in [-0.25, -0.2) is 4.98 Å². The molecule has 4 heteroatoms. The molecule has 1 heterocycles. The van der Waals surface area contributed by atoms with Crippen LogP contribution in [-0.2, 0) is 0 Å². The predicted octanol–water partition coefficient (Wildman–Crippen LogP) is 2.19. The first kappa shape index (κ1) is 9.72. The Morgan fingerprint density at radius 1 is 0.941 bits per heavy atom. The highest BCUT2D eigenvalue weighted by atomic mass is 15.1. The van der Waals surface area contributed by atoms with Crippen molar-refractivity contribution >= 4 is 22.4 Å². The molecule has 0 amide bonds. The molecule has 0 aliphatic carbocycles. The summed E-state index contributed by atoms with van der Waals surface area (Å²) < 4.78 is 1.95. The number of benzene rings is 2. The Morgan fingerprint density at radius 2 is 1.76 bits per heavy atom. The molecule has 4 N–H and O–H groups in total. The number of imidazole rings is 1. The molecule has 0 bridgehead atoms. The molecule has 0 saturated carbocycles. The molecular formula is C13H12N4. The molecule has 0 aliphatic rings. The summed E-state index contributed by atoms with van der Waals surface area (Å²) in [5, 5.41) is 0. The maximum Gasteiger partial charge on any atom is 0.100 e. The lowest BCUT2D eigenvalue weighted by atomic mass is 10.2. The molecule has 84 valence electrons. The lowest BCUT2D eigenvalue weighted by Gasteiger charge is -2.09. The van der Waals surface area contributed by atoms with E-state index in [0.29, 0.717) is 11.4 Å². The minimum atomic E-state index is 0.579. The van der Waals surface area contributed by atoms with Crippen molar-refractivity contribution in [2.75, 3.05) is 11.5 Å². The average Bonchev–Trinajstić information content (AvgIpc) is 2.77. The van der Waals surface area contributed by atoms with Crippen LogP contribution in [0.15, 0.2) is 48.8 Å². The number of para-hydroxylation sites is 3. The number of nitrogen functional groups attached to an aromatic ring is 2. The average molecular weight is 224 g/mol. The summed E-state index contributed by atoms with van der Waals surface area (Å²) in [5.74, 6) is 0. The molecule has 2 aromatic carbocycles. The van der Waals surface area contributed by atoms with Crippen LogP contribution in [0.2, 0.25) is 0 Å². The molecule has 3 aromatic rings. The van der Waals surface area contributed by atoms with E-state index in [0.717, 1.165) is 16.7 Å². The van der Waals surface area contributed by atoms with E-state index in [-0.39, 0.29) is 0 Å². The second-order valence-electron chi connectivity index (χ2n) is 3.88. The smallest absolute Gasteiger partial charge is 0.100 e. The molecule has 0 saturated heterocycles. The van der Waals surface area contributed by atoms with Gasteiger partial charge >= 0.3 is 0 Å². The maximum absolute atomic E-state index is 5.99. The quantitative estimate of drug-likeness (QED) is 0.622. The number of hydrogen-bond donors (Lipinski definition) is 2. The van der Waals surface area contributed by atoms with Crippen molar-refractivity contribution in [3.8, 4) is 5.69 Å². The van der Waals surface area contributed by atoms with Gasteiger partial charge in [0.2, 0.25) is 0 Å². The van der Waals surface area contributed by atoms with Crippen molar-refractivity contribution in [2.45, 2.75) is 0 Å². The molecule has 1 aromatic heterocycles. The highest BCUT2D eigenvalue weighted by Gasteiger charge is 2.07. The molecule has 0 unspecified atom stereocenters. The molecule has 0 fully saturated rings. The van der Waals surface area contributed by atoms with E-state index in [4.69, 9.17) is 11.5 Å². The molecule has 3 rings (SSSR count). The zero-order valence-corrected chi connectivity index (χ0v) is 9.17. The molecule has 0 atom stereocenters. The number of rotatable bonds is 1. The third-order valence-electron chi connectivity index (χ3n) is 2.83. The second-order valence-corrected chi connectivity index (χ2v) is 3.88. The fourth-order valence-corrected chi connectivity index (χ4v) is 1.93. The number of nitrogens with zero attached hydrogens (tertiary/aromatic N) is 2. The number of nitrogens with two attached hydrogens (primary N) is 2. The van der Waals surface area contributed by atoms with Crippen LogP contribution < -0.4 is 11.5 Å². The van der Waals surface area contributed by atoms with E-state index in [9.17, 15) is 0 Å². The number of fused-ring (bicyclic) bond motifs is 1. The summed E-state index contributed by atoms with van der Waals surface area (Å²) in [5.41, 5.74) is 15.8. The minimum absolute atomic E-state index is 0.579. The Bertz CT molecular complexity index is 685. The summed E-state index contributed by atoms with van der Waals surface area (Å²) >= 11 is 0. The van der Waals surface area contributed by atoms with Gasteiger partial charge in [-0.2, -0.15) is 0 Å². The summed E-state index contributed by atoms with van der Waals surface area (Å²) in [6.45, 7) is 0. The Balaban J connectivity index is 2.31. The summed E-state index contributed by atoms with van der Waals surface area (Å²) in [6.07, 6.45) is 1.76. The van der Waals surface area contributed by atoms with E-state index in [1.165, 1.54) is 0 Å². The lowest BCUT2D eigenvalue weighted by Crippen LogP contribution is -2.02. The topological polar surface area (TPSA) is 69.9 Å². The van der Waals surface area contributed by atoms with Crippen LogP contribution in [-0.4, -0.2) is 9.55 Å². The van der Waals surface area contributed by atoms with Crippen molar-refractivity contribution in [1.82, 2.24) is 9.55 Å². The first-order valence-corrected chi connectivity index (χ1v) is 5.34. The normalized spacial score (nSPS) is 10.8. The van der Waals surface area contributed by atoms with E-state index < -0.39 is 0 Å². The van der Waals surface area contributed by atoms with E-state index in [2.05, 4.69) is 4.98 Å². The monoisotopic (exact) mass is 224 g/mol. The van der Waals surface area contributed by atoms with Crippen LogP contribution in [0.25, 0.3) is 16.7 Å². The van der Waals surface area contributed by atoms with Crippen molar-refractivity contribution in [3.05, 3.63) is 48.8 Å². The van der Waals surface area contributed by atoms with Gasteiger partial charge in [0.1, 0.15) is 6.33 Å². The summed E-state index contributed by atoms with van der Waals surface area (Å²) in [7, 11) is 0. The van der Waals surface area contributed by atoms with Gasteiger partial charge in [-0.05, 0) is 24.3 Å². The van der Waals surface area contributed by atoms with Crippen LogP contribution in [0, 0.1) is 0 Å². The Kier molecular flexibility index (Phi) is 2.01. The van der Waals surface area contributed by atoms with E-state index in [1.54, 1.807) is 12.4 Å². The van der Waals surface area contributed by atoms with Crippen LogP contribution in [0.5, 0.6) is 0 Å². The number of aromatic nitrogens is 2. The molecule has 4 nitrogen and oxygen atoms in total. The Labute approximate surface area is 98.5 Å². The molecule has 0 spiro atoms. The van der Waals surface area contributed by atoms with Crippen molar-refractivity contribution in [3.63, 3.8) is 0 Å². The van der Waals surface area contributed by atoms with Crippen molar-refractivity contribution in [2.24, 2.45) is 0 Å². The number of anilines is 2. The van der Waals surface area contributed by atoms with Gasteiger partial charge in [0, 0.05) is 0 Å². The van der Waals surface area contributed by atoms with E-state index >= 15 is 0 Å². The van der Waals surface area contributed by atoms with Gasteiger partial charge in [-0.3, -0.25) is 4.57 Å². The van der Waals surface area contributed by atoms with Crippen molar-refractivity contribution in [1.29, 1.82) is 0 Å². The lowest BCUT2D eigenvalue weighted by molar-refractivity contribution is 1.10. The summed E-state index contributed by atoms with van der Waals surface area (Å²) in [6, 6.07) is 13.5. The molecule has 0 radical (unpaired) electrons. The first-order chi connectivity index (χ1) is 8.27.